The molecule has 0 aliphatic carbocycles. The van der Waals surface area contributed by atoms with E-state index in [1.807, 2.05) is 24.3 Å². The number of nitrogens with one attached hydrogen (secondary N) is 1. The van der Waals surface area contributed by atoms with Crippen LogP contribution in [-0.2, 0) is 6.54 Å². The van der Waals surface area contributed by atoms with Crippen LogP contribution in [0, 0.1) is 13.8 Å². The summed E-state index contributed by atoms with van der Waals surface area (Å²) in [5, 5.41) is 3.40. The molecule has 0 spiro atoms. The highest BCUT2D eigenvalue weighted by Crippen LogP contribution is 2.26. The van der Waals surface area contributed by atoms with Gasteiger partial charge >= 0.3 is 0 Å². The van der Waals surface area contributed by atoms with Crippen LogP contribution in [0.4, 0.5) is 0 Å². The molecule has 0 unspecified atom stereocenters. The predicted octanol–water partition coefficient (Wildman–Crippen LogP) is 4.60. The van der Waals surface area contributed by atoms with Crippen LogP contribution in [0.25, 0.3) is 0 Å². The van der Waals surface area contributed by atoms with Gasteiger partial charge in [-0.15, -0.1) is 0 Å². The first-order valence-corrected chi connectivity index (χ1v) is 7.24. The Balaban J connectivity index is 2.01. The smallest absolute Gasteiger partial charge is 0.130 e. The second kappa shape index (κ2) is 7.11. The standard InChI is InChI=1S/C18H23NO/c1-4-12-19-13-16-8-10-17(11-9-16)20-18-7-5-6-14(2)15(18)3/h5-11,19H,4,12-13H2,1-3H3. The third-order valence-corrected chi connectivity index (χ3v) is 3.46. The number of rotatable bonds is 6. The van der Waals surface area contributed by atoms with Gasteiger partial charge in [0, 0.05) is 6.54 Å². The Labute approximate surface area is 121 Å². The second-order valence-corrected chi connectivity index (χ2v) is 5.12. The highest BCUT2D eigenvalue weighted by Gasteiger charge is 2.03. The summed E-state index contributed by atoms with van der Waals surface area (Å²) in [5.41, 5.74) is 3.73. The van der Waals surface area contributed by atoms with E-state index in [2.05, 4.69) is 44.3 Å². The molecule has 0 fully saturated rings. The van der Waals surface area contributed by atoms with Crippen molar-refractivity contribution in [1.82, 2.24) is 5.32 Å². The molecule has 0 saturated heterocycles. The molecule has 0 radical (unpaired) electrons. The van der Waals surface area contributed by atoms with Crippen LogP contribution in [0.1, 0.15) is 30.0 Å². The highest BCUT2D eigenvalue weighted by molar-refractivity contribution is 5.41. The van der Waals surface area contributed by atoms with Crippen molar-refractivity contribution in [2.75, 3.05) is 6.54 Å². The Kier molecular flexibility index (Phi) is 5.19. The number of hydrogen-bond acceptors (Lipinski definition) is 2. The van der Waals surface area contributed by atoms with Crippen molar-refractivity contribution in [2.45, 2.75) is 33.7 Å². The number of benzene rings is 2. The van der Waals surface area contributed by atoms with Crippen LogP contribution < -0.4 is 10.1 Å². The molecule has 0 amide bonds. The Morgan fingerprint density at radius 1 is 1.00 bits per heavy atom. The monoisotopic (exact) mass is 269 g/mol. The lowest BCUT2D eigenvalue weighted by atomic mass is 10.1. The van der Waals surface area contributed by atoms with Crippen LogP contribution in [0.2, 0.25) is 0 Å². The van der Waals surface area contributed by atoms with E-state index in [1.165, 1.54) is 16.7 Å². The summed E-state index contributed by atoms with van der Waals surface area (Å²) in [6, 6.07) is 14.4. The molecule has 2 aromatic carbocycles. The molecule has 0 aromatic heterocycles. The van der Waals surface area contributed by atoms with Gasteiger partial charge in [-0.05, 0) is 61.7 Å². The zero-order valence-electron chi connectivity index (χ0n) is 12.6. The van der Waals surface area contributed by atoms with Crippen molar-refractivity contribution in [3.63, 3.8) is 0 Å². The first-order chi connectivity index (χ1) is 9.70. The molecular weight excluding hydrogens is 246 g/mol. The van der Waals surface area contributed by atoms with E-state index < -0.39 is 0 Å². The lowest BCUT2D eigenvalue weighted by Gasteiger charge is -2.11. The maximum absolute atomic E-state index is 5.95. The van der Waals surface area contributed by atoms with E-state index in [9.17, 15) is 0 Å². The summed E-state index contributed by atoms with van der Waals surface area (Å²) in [6.45, 7) is 8.34. The van der Waals surface area contributed by atoms with Gasteiger partial charge in [-0.3, -0.25) is 0 Å². The van der Waals surface area contributed by atoms with E-state index in [0.717, 1.165) is 31.0 Å². The summed E-state index contributed by atoms with van der Waals surface area (Å²) in [4.78, 5) is 0. The summed E-state index contributed by atoms with van der Waals surface area (Å²) >= 11 is 0. The second-order valence-electron chi connectivity index (χ2n) is 5.12. The van der Waals surface area contributed by atoms with Crippen LogP contribution >= 0.6 is 0 Å². The summed E-state index contributed by atoms with van der Waals surface area (Å²) < 4.78 is 5.95. The summed E-state index contributed by atoms with van der Waals surface area (Å²) in [7, 11) is 0. The van der Waals surface area contributed by atoms with Crippen molar-refractivity contribution in [1.29, 1.82) is 0 Å². The normalized spacial score (nSPS) is 10.6. The highest BCUT2D eigenvalue weighted by atomic mass is 16.5. The van der Waals surface area contributed by atoms with Crippen LogP contribution in [-0.4, -0.2) is 6.54 Å². The minimum absolute atomic E-state index is 0.887. The van der Waals surface area contributed by atoms with Gasteiger partial charge in [0.15, 0.2) is 0 Å². The largest absolute Gasteiger partial charge is 0.457 e. The zero-order chi connectivity index (χ0) is 14.4. The maximum Gasteiger partial charge on any atom is 0.130 e. The van der Waals surface area contributed by atoms with E-state index in [1.54, 1.807) is 0 Å². The van der Waals surface area contributed by atoms with Crippen molar-refractivity contribution in [3.8, 4) is 11.5 Å². The molecule has 1 N–H and O–H groups in total. The molecule has 106 valence electrons. The van der Waals surface area contributed by atoms with Crippen molar-refractivity contribution in [3.05, 3.63) is 59.2 Å². The molecular formula is C18H23NO. The Morgan fingerprint density at radius 2 is 1.75 bits per heavy atom. The van der Waals surface area contributed by atoms with Gasteiger partial charge in [-0.1, -0.05) is 31.2 Å². The van der Waals surface area contributed by atoms with E-state index >= 15 is 0 Å². The molecule has 2 nitrogen and oxygen atoms in total. The molecule has 0 saturated carbocycles. The lowest BCUT2D eigenvalue weighted by Crippen LogP contribution is -2.13. The van der Waals surface area contributed by atoms with Crippen LogP contribution in [0.15, 0.2) is 42.5 Å². The van der Waals surface area contributed by atoms with E-state index in [4.69, 9.17) is 4.74 Å². The zero-order valence-corrected chi connectivity index (χ0v) is 12.6. The van der Waals surface area contributed by atoms with Gasteiger partial charge in [0.05, 0.1) is 0 Å². The van der Waals surface area contributed by atoms with Gasteiger partial charge < -0.3 is 10.1 Å². The predicted molar refractivity (Wildman–Crippen MR) is 84.4 cm³/mol. The number of hydrogen-bond donors (Lipinski definition) is 1. The molecule has 2 aromatic rings. The van der Waals surface area contributed by atoms with Gasteiger partial charge in [0.1, 0.15) is 11.5 Å². The molecule has 2 rings (SSSR count). The van der Waals surface area contributed by atoms with Gasteiger partial charge in [-0.2, -0.15) is 0 Å². The molecule has 0 heterocycles. The van der Waals surface area contributed by atoms with Crippen LogP contribution in [0.5, 0.6) is 11.5 Å². The SMILES string of the molecule is CCCNCc1ccc(Oc2cccc(C)c2C)cc1. The van der Waals surface area contributed by atoms with Gasteiger partial charge in [-0.25, -0.2) is 0 Å². The third-order valence-electron chi connectivity index (χ3n) is 3.46. The summed E-state index contributed by atoms with van der Waals surface area (Å²) in [6.07, 6.45) is 1.16. The lowest BCUT2D eigenvalue weighted by molar-refractivity contribution is 0.478. The number of aryl methyl sites for hydroxylation is 1. The Morgan fingerprint density at radius 3 is 2.45 bits per heavy atom. The van der Waals surface area contributed by atoms with E-state index in [0.29, 0.717) is 0 Å². The minimum atomic E-state index is 0.887. The topological polar surface area (TPSA) is 21.3 Å². The van der Waals surface area contributed by atoms with Crippen LogP contribution in [0.3, 0.4) is 0 Å². The minimum Gasteiger partial charge on any atom is -0.457 e. The van der Waals surface area contributed by atoms with Crippen molar-refractivity contribution in [2.24, 2.45) is 0 Å². The third kappa shape index (κ3) is 3.84. The molecule has 0 atom stereocenters. The number of ether oxygens (including phenoxy) is 1. The fourth-order valence-electron chi connectivity index (χ4n) is 2.05. The first-order valence-electron chi connectivity index (χ1n) is 7.24. The Hall–Kier alpha value is -1.80. The maximum atomic E-state index is 5.95. The Bertz CT molecular complexity index is 546. The molecule has 2 heteroatoms. The average Bonchev–Trinajstić information content (AvgIpc) is 2.46. The van der Waals surface area contributed by atoms with Gasteiger partial charge in [0.2, 0.25) is 0 Å². The molecule has 20 heavy (non-hydrogen) atoms. The van der Waals surface area contributed by atoms with Crippen molar-refractivity contribution >= 4 is 0 Å². The molecule has 0 aliphatic rings. The fraction of sp³-hybridized carbons (Fsp3) is 0.333. The fourth-order valence-corrected chi connectivity index (χ4v) is 2.05. The van der Waals surface area contributed by atoms with Crippen molar-refractivity contribution < 1.29 is 4.74 Å². The van der Waals surface area contributed by atoms with Gasteiger partial charge in [0.25, 0.3) is 0 Å². The average molecular weight is 269 g/mol. The molecule has 0 aliphatic heterocycles. The first kappa shape index (κ1) is 14.6. The quantitative estimate of drug-likeness (QED) is 0.774. The summed E-state index contributed by atoms with van der Waals surface area (Å²) in [5.74, 6) is 1.82. The van der Waals surface area contributed by atoms with E-state index in [-0.39, 0.29) is 0 Å². The molecule has 0 bridgehead atoms.